The predicted octanol–water partition coefficient (Wildman–Crippen LogP) is 6.06. The lowest BCUT2D eigenvalue weighted by Crippen LogP contribution is -2.52. The molecule has 42 heavy (non-hydrogen) atoms. The van der Waals surface area contributed by atoms with Gasteiger partial charge in [-0.1, -0.05) is 60.3 Å². The summed E-state index contributed by atoms with van der Waals surface area (Å²) in [5, 5.41) is 3.82. The first-order valence-electron chi connectivity index (χ1n) is 13.9. The lowest BCUT2D eigenvalue weighted by Gasteiger charge is -2.32. The largest absolute Gasteiger partial charge is 0.494 e. The summed E-state index contributed by atoms with van der Waals surface area (Å²) >= 11 is 12.5. The van der Waals surface area contributed by atoms with Crippen LogP contribution >= 0.6 is 23.2 Å². The Morgan fingerprint density at radius 1 is 1.00 bits per heavy atom. The molecule has 11 heteroatoms. The van der Waals surface area contributed by atoms with Crippen LogP contribution in [0.15, 0.2) is 77.7 Å². The highest BCUT2D eigenvalue weighted by atomic mass is 35.5. The minimum Gasteiger partial charge on any atom is -0.494 e. The number of rotatable bonds is 12. The van der Waals surface area contributed by atoms with Gasteiger partial charge in [0.25, 0.3) is 10.0 Å². The van der Waals surface area contributed by atoms with Gasteiger partial charge in [-0.25, -0.2) is 8.42 Å². The van der Waals surface area contributed by atoms with E-state index in [1.165, 1.54) is 17.0 Å². The van der Waals surface area contributed by atoms with E-state index in [9.17, 15) is 18.0 Å². The molecule has 8 nitrogen and oxygen atoms in total. The van der Waals surface area contributed by atoms with E-state index >= 15 is 0 Å². The first-order valence-corrected chi connectivity index (χ1v) is 16.1. The van der Waals surface area contributed by atoms with Crippen molar-refractivity contribution < 1.29 is 22.7 Å². The molecule has 4 rings (SSSR count). The number of amides is 2. The SMILES string of the molecule is CCOc1ccc(S(=O)(=O)N(CC(=O)N(Cc2ccc(Cl)cc2Cl)[C@@H](C)C(=O)NC2CCCC2)c2ccccc2)cc1. The number of halogens is 2. The molecule has 1 N–H and O–H groups in total. The smallest absolute Gasteiger partial charge is 0.264 e. The maximum absolute atomic E-state index is 14.1. The maximum atomic E-state index is 14.1. The highest BCUT2D eigenvalue weighted by molar-refractivity contribution is 7.92. The van der Waals surface area contributed by atoms with Gasteiger partial charge in [0.1, 0.15) is 18.3 Å². The van der Waals surface area contributed by atoms with Crippen LogP contribution in [0.4, 0.5) is 5.69 Å². The monoisotopic (exact) mass is 631 g/mol. The van der Waals surface area contributed by atoms with E-state index in [0.717, 1.165) is 30.0 Å². The molecule has 0 unspecified atom stereocenters. The fraction of sp³-hybridized carbons (Fsp3) is 0.355. The van der Waals surface area contributed by atoms with Gasteiger partial charge in [-0.05, 0) is 80.8 Å². The van der Waals surface area contributed by atoms with Crippen LogP contribution in [-0.2, 0) is 26.2 Å². The number of nitrogens with one attached hydrogen (secondary N) is 1. The molecule has 1 saturated carbocycles. The zero-order chi connectivity index (χ0) is 30.3. The second kappa shape index (κ2) is 14.3. The van der Waals surface area contributed by atoms with Gasteiger partial charge in [-0.15, -0.1) is 0 Å². The van der Waals surface area contributed by atoms with E-state index in [1.54, 1.807) is 67.6 Å². The molecule has 0 radical (unpaired) electrons. The molecule has 1 atom stereocenters. The molecule has 2 amide bonds. The molecular weight excluding hydrogens is 597 g/mol. The van der Waals surface area contributed by atoms with Gasteiger partial charge in [0.15, 0.2) is 0 Å². The zero-order valence-electron chi connectivity index (χ0n) is 23.6. The fourth-order valence-corrected chi connectivity index (χ4v) is 6.82. The van der Waals surface area contributed by atoms with Crippen LogP contribution in [0.1, 0.15) is 45.1 Å². The predicted molar refractivity (Wildman–Crippen MR) is 165 cm³/mol. The van der Waals surface area contributed by atoms with Gasteiger partial charge in [0, 0.05) is 22.6 Å². The average molecular weight is 633 g/mol. The van der Waals surface area contributed by atoms with E-state index < -0.39 is 28.5 Å². The Morgan fingerprint density at radius 2 is 1.67 bits per heavy atom. The van der Waals surface area contributed by atoms with Crippen molar-refractivity contribution in [3.63, 3.8) is 0 Å². The molecule has 224 valence electrons. The number of sulfonamides is 1. The molecule has 3 aromatic carbocycles. The molecule has 0 heterocycles. The second-order valence-electron chi connectivity index (χ2n) is 10.2. The van der Waals surface area contributed by atoms with E-state index in [1.807, 2.05) is 6.92 Å². The topological polar surface area (TPSA) is 96.0 Å². The molecule has 0 aromatic heterocycles. The number of hydrogen-bond acceptors (Lipinski definition) is 5. The van der Waals surface area contributed by atoms with Gasteiger partial charge in [0.2, 0.25) is 11.8 Å². The number of hydrogen-bond donors (Lipinski definition) is 1. The lowest BCUT2D eigenvalue weighted by molar-refractivity contribution is -0.139. The van der Waals surface area contributed by atoms with Crippen LogP contribution in [0.3, 0.4) is 0 Å². The molecule has 3 aromatic rings. The fourth-order valence-electron chi connectivity index (χ4n) is 4.93. The summed E-state index contributed by atoms with van der Waals surface area (Å²) in [5.74, 6) is -0.332. The molecule has 0 saturated heterocycles. The van der Waals surface area contributed by atoms with Crippen LogP contribution < -0.4 is 14.4 Å². The number of anilines is 1. The lowest BCUT2D eigenvalue weighted by atomic mass is 10.1. The quantitative estimate of drug-likeness (QED) is 0.262. The number of para-hydroxylation sites is 1. The molecule has 1 aliphatic rings. The van der Waals surface area contributed by atoms with Crippen molar-refractivity contribution in [2.24, 2.45) is 0 Å². The number of benzene rings is 3. The summed E-state index contributed by atoms with van der Waals surface area (Å²) in [6.45, 7) is 3.37. The summed E-state index contributed by atoms with van der Waals surface area (Å²) < 4.78 is 34.4. The molecule has 1 fully saturated rings. The molecule has 0 aliphatic heterocycles. The summed E-state index contributed by atoms with van der Waals surface area (Å²) in [5.41, 5.74) is 0.892. The van der Waals surface area contributed by atoms with Gasteiger partial charge >= 0.3 is 0 Å². The minimum atomic E-state index is -4.18. The summed E-state index contributed by atoms with van der Waals surface area (Å²) in [6, 6.07) is 18.5. The highest BCUT2D eigenvalue weighted by Crippen LogP contribution is 2.27. The van der Waals surface area contributed by atoms with Crippen molar-refractivity contribution in [1.29, 1.82) is 0 Å². The van der Waals surface area contributed by atoms with E-state index in [0.29, 0.717) is 33.7 Å². The molecule has 0 spiro atoms. The van der Waals surface area contributed by atoms with Crippen LogP contribution in [0.5, 0.6) is 5.75 Å². The Kier molecular flexibility index (Phi) is 10.8. The molecule has 0 bridgehead atoms. The van der Waals surface area contributed by atoms with Crippen LogP contribution in [0.25, 0.3) is 0 Å². The summed E-state index contributed by atoms with van der Waals surface area (Å²) in [7, 11) is -4.18. The average Bonchev–Trinajstić information content (AvgIpc) is 3.49. The summed E-state index contributed by atoms with van der Waals surface area (Å²) in [4.78, 5) is 28.8. The van der Waals surface area contributed by atoms with Crippen LogP contribution in [-0.4, -0.2) is 50.4 Å². The van der Waals surface area contributed by atoms with Gasteiger partial charge in [0.05, 0.1) is 17.2 Å². The normalized spacial score (nSPS) is 14.3. The van der Waals surface area contributed by atoms with Crippen LogP contribution in [0, 0.1) is 0 Å². The number of nitrogens with zero attached hydrogens (tertiary/aromatic N) is 2. The Bertz CT molecular complexity index is 1480. The third-order valence-electron chi connectivity index (χ3n) is 7.27. The highest BCUT2D eigenvalue weighted by Gasteiger charge is 2.33. The van der Waals surface area contributed by atoms with E-state index in [2.05, 4.69) is 5.32 Å². The molecule has 1 aliphatic carbocycles. The minimum absolute atomic E-state index is 0.00178. The maximum Gasteiger partial charge on any atom is 0.264 e. The van der Waals surface area contributed by atoms with Gasteiger partial charge < -0.3 is 15.0 Å². The van der Waals surface area contributed by atoms with Crippen molar-refractivity contribution in [2.45, 2.75) is 63.1 Å². The number of carbonyl (C=O) groups excluding carboxylic acids is 2. The van der Waals surface area contributed by atoms with Crippen molar-refractivity contribution in [3.05, 3.63) is 88.4 Å². The first kappa shape index (κ1) is 31.7. The Balaban J connectivity index is 1.67. The standard InChI is InChI=1S/C31H35Cl2N3O5S/c1-3-41-27-15-17-28(18-16-27)42(39,40)36(26-11-5-4-6-12-26)21-30(37)35(20-23-13-14-24(32)19-29(23)33)22(2)31(38)34-25-9-7-8-10-25/h4-6,11-19,22,25H,3,7-10,20-21H2,1-2H3,(H,34,38)/t22-/m0/s1. The third-order valence-corrected chi connectivity index (χ3v) is 9.65. The van der Waals surface area contributed by atoms with E-state index in [-0.39, 0.29) is 23.4 Å². The molecular formula is C31H35Cl2N3O5S. The van der Waals surface area contributed by atoms with Crippen LogP contribution in [0.2, 0.25) is 10.0 Å². The number of ether oxygens (including phenoxy) is 1. The van der Waals surface area contributed by atoms with Gasteiger partial charge in [-0.2, -0.15) is 0 Å². The Hall–Kier alpha value is -3.27. The summed E-state index contributed by atoms with van der Waals surface area (Å²) in [6.07, 6.45) is 3.85. The van der Waals surface area contributed by atoms with E-state index in [4.69, 9.17) is 27.9 Å². The second-order valence-corrected chi connectivity index (χ2v) is 12.9. The zero-order valence-corrected chi connectivity index (χ0v) is 26.0. The first-order chi connectivity index (χ1) is 20.1. The Labute approximate surface area is 257 Å². The Morgan fingerprint density at radius 3 is 2.29 bits per heavy atom. The van der Waals surface area contributed by atoms with Crippen molar-refractivity contribution in [1.82, 2.24) is 10.2 Å². The third kappa shape index (κ3) is 7.76. The van der Waals surface area contributed by atoms with Crippen molar-refractivity contribution in [2.75, 3.05) is 17.5 Å². The van der Waals surface area contributed by atoms with Crippen molar-refractivity contribution in [3.8, 4) is 5.75 Å². The number of carbonyl (C=O) groups is 2. The van der Waals surface area contributed by atoms with Gasteiger partial charge in [-0.3, -0.25) is 13.9 Å². The van der Waals surface area contributed by atoms with Crippen molar-refractivity contribution >= 4 is 50.7 Å².